The van der Waals surface area contributed by atoms with E-state index in [9.17, 15) is 0 Å². The number of furan rings is 1. The van der Waals surface area contributed by atoms with Gasteiger partial charge in [0.25, 0.3) is 0 Å². The fourth-order valence-corrected chi connectivity index (χ4v) is 3.14. The predicted molar refractivity (Wildman–Crippen MR) is 89.3 cm³/mol. The Morgan fingerprint density at radius 2 is 1.95 bits per heavy atom. The lowest BCUT2D eigenvalue weighted by molar-refractivity contribution is 0.413. The van der Waals surface area contributed by atoms with Crippen LogP contribution in [0.2, 0.25) is 0 Å². The number of halogens is 1. The summed E-state index contributed by atoms with van der Waals surface area (Å²) in [5, 5.41) is 4.71. The van der Waals surface area contributed by atoms with E-state index in [2.05, 4.69) is 67.1 Å². The van der Waals surface area contributed by atoms with Gasteiger partial charge < -0.3 is 9.73 Å². The number of rotatable bonds is 6. The summed E-state index contributed by atoms with van der Waals surface area (Å²) in [5.74, 6) is 1.52. The van der Waals surface area contributed by atoms with Crippen molar-refractivity contribution in [3.05, 3.63) is 34.0 Å². The Morgan fingerprint density at radius 3 is 2.55 bits per heavy atom. The van der Waals surface area contributed by atoms with Crippen molar-refractivity contribution in [3.8, 4) is 0 Å². The summed E-state index contributed by atoms with van der Waals surface area (Å²) >= 11 is 3.60. The molecule has 3 heteroatoms. The summed E-state index contributed by atoms with van der Waals surface area (Å²) in [5.41, 5.74) is 2.31. The maximum atomic E-state index is 6.20. The third-order valence-electron chi connectivity index (χ3n) is 3.62. The molecule has 20 heavy (non-hydrogen) atoms. The molecule has 0 aliphatic carbocycles. The van der Waals surface area contributed by atoms with Crippen molar-refractivity contribution in [1.29, 1.82) is 0 Å². The monoisotopic (exact) mass is 337 g/mol. The molecule has 1 unspecified atom stereocenters. The molecule has 0 aliphatic rings. The molecular weight excluding hydrogens is 314 g/mol. The first kappa shape index (κ1) is 15.6. The Labute approximate surface area is 130 Å². The molecule has 1 atom stereocenters. The van der Waals surface area contributed by atoms with Crippen LogP contribution in [-0.2, 0) is 0 Å². The first-order chi connectivity index (χ1) is 9.56. The van der Waals surface area contributed by atoms with Gasteiger partial charge in [-0.2, -0.15) is 0 Å². The van der Waals surface area contributed by atoms with Crippen molar-refractivity contribution in [3.63, 3.8) is 0 Å². The smallest absolute Gasteiger partial charge is 0.137 e. The number of hydrogen-bond acceptors (Lipinski definition) is 2. The third kappa shape index (κ3) is 3.26. The summed E-state index contributed by atoms with van der Waals surface area (Å²) in [7, 11) is 0. The highest BCUT2D eigenvalue weighted by Crippen LogP contribution is 2.34. The lowest BCUT2D eigenvalue weighted by Gasteiger charge is -2.14. The van der Waals surface area contributed by atoms with Crippen LogP contribution in [0, 0.1) is 0 Å². The van der Waals surface area contributed by atoms with Crippen molar-refractivity contribution in [2.75, 3.05) is 6.54 Å². The van der Waals surface area contributed by atoms with Crippen molar-refractivity contribution >= 4 is 26.9 Å². The summed E-state index contributed by atoms with van der Waals surface area (Å²) in [6.45, 7) is 9.72. The van der Waals surface area contributed by atoms with Gasteiger partial charge in [0.05, 0.1) is 6.04 Å². The van der Waals surface area contributed by atoms with Gasteiger partial charge in [-0.3, -0.25) is 0 Å². The molecule has 0 amide bonds. The van der Waals surface area contributed by atoms with Gasteiger partial charge in [-0.25, -0.2) is 0 Å². The molecule has 0 spiro atoms. The molecule has 2 aromatic rings. The summed E-state index contributed by atoms with van der Waals surface area (Å²) < 4.78 is 7.32. The molecule has 1 heterocycles. The number of hydrogen-bond donors (Lipinski definition) is 1. The molecule has 2 nitrogen and oxygen atoms in total. The van der Waals surface area contributed by atoms with E-state index < -0.39 is 0 Å². The van der Waals surface area contributed by atoms with Gasteiger partial charge in [0.2, 0.25) is 0 Å². The van der Waals surface area contributed by atoms with Crippen molar-refractivity contribution < 1.29 is 4.42 Å². The minimum absolute atomic E-state index is 0.316. The van der Waals surface area contributed by atoms with E-state index in [-0.39, 0.29) is 0 Å². The molecule has 0 fully saturated rings. The van der Waals surface area contributed by atoms with E-state index in [4.69, 9.17) is 4.42 Å². The second-order valence-electron chi connectivity index (χ2n) is 5.62. The zero-order valence-electron chi connectivity index (χ0n) is 12.8. The van der Waals surface area contributed by atoms with E-state index in [0.717, 1.165) is 35.2 Å². The third-order valence-corrected chi connectivity index (χ3v) is 4.08. The number of benzene rings is 1. The maximum absolute atomic E-state index is 6.20. The molecule has 110 valence electrons. The number of nitrogens with one attached hydrogen (secondary N) is 1. The quantitative estimate of drug-likeness (QED) is 0.723. The first-order valence-electron chi connectivity index (χ1n) is 7.53. The highest BCUT2D eigenvalue weighted by Gasteiger charge is 2.17. The van der Waals surface area contributed by atoms with Crippen LogP contribution in [0.5, 0.6) is 0 Å². The summed E-state index contributed by atoms with van der Waals surface area (Å²) in [6, 6.07) is 6.82. The molecule has 0 bridgehead atoms. The zero-order chi connectivity index (χ0) is 14.7. The van der Waals surface area contributed by atoms with E-state index >= 15 is 0 Å². The van der Waals surface area contributed by atoms with Crippen LogP contribution in [0.15, 0.2) is 27.1 Å². The molecule has 0 aliphatic heterocycles. The summed E-state index contributed by atoms with van der Waals surface area (Å²) in [4.78, 5) is 0. The topological polar surface area (TPSA) is 25.2 Å². The van der Waals surface area contributed by atoms with Crippen LogP contribution in [0.1, 0.15) is 63.8 Å². The van der Waals surface area contributed by atoms with Gasteiger partial charge in [-0.15, -0.1) is 0 Å². The van der Waals surface area contributed by atoms with Gasteiger partial charge in [-0.1, -0.05) is 50.0 Å². The highest BCUT2D eigenvalue weighted by molar-refractivity contribution is 9.10. The van der Waals surface area contributed by atoms with Crippen molar-refractivity contribution in [2.24, 2.45) is 0 Å². The molecule has 2 rings (SSSR count). The average molecular weight is 338 g/mol. The molecule has 0 radical (unpaired) electrons. The van der Waals surface area contributed by atoms with Crippen LogP contribution in [-0.4, -0.2) is 6.54 Å². The zero-order valence-corrected chi connectivity index (χ0v) is 14.4. The van der Waals surface area contributed by atoms with E-state index in [1.165, 1.54) is 10.9 Å². The average Bonchev–Trinajstić information content (AvgIpc) is 2.80. The van der Waals surface area contributed by atoms with Crippen LogP contribution in [0.4, 0.5) is 0 Å². The van der Waals surface area contributed by atoms with Crippen LogP contribution < -0.4 is 5.32 Å². The van der Waals surface area contributed by atoms with E-state index in [0.29, 0.717) is 12.0 Å². The Morgan fingerprint density at radius 1 is 1.20 bits per heavy atom. The lowest BCUT2D eigenvalue weighted by atomic mass is 10.0. The van der Waals surface area contributed by atoms with Crippen molar-refractivity contribution in [1.82, 2.24) is 5.32 Å². The van der Waals surface area contributed by atoms with E-state index in [1.54, 1.807) is 0 Å². The second-order valence-corrected chi connectivity index (χ2v) is 6.53. The number of fused-ring (bicyclic) bond motifs is 1. The lowest BCUT2D eigenvalue weighted by Crippen LogP contribution is -2.20. The Hall–Kier alpha value is -0.800. The fraction of sp³-hybridized carbons (Fsp3) is 0.529. The largest absolute Gasteiger partial charge is 0.459 e. The van der Waals surface area contributed by atoms with Crippen LogP contribution in [0.25, 0.3) is 11.0 Å². The minimum atomic E-state index is 0.316. The van der Waals surface area contributed by atoms with Gasteiger partial charge in [0.15, 0.2) is 0 Å². The minimum Gasteiger partial charge on any atom is -0.459 e. The normalized spacial score (nSPS) is 13.3. The van der Waals surface area contributed by atoms with Gasteiger partial charge in [0.1, 0.15) is 11.3 Å². The van der Waals surface area contributed by atoms with Crippen LogP contribution in [0.3, 0.4) is 0 Å². The van der Waals surface area contributed by atoms with Crippen molar-refractivity contribution in [2.45, 2.75) is 52.5 Å². The van der Waals surface area contributed by atoms with E-state index in [1.807, 2.05) is 0 Å². The Balaban J connectivity index is 2.48. The Bertz CT molecular complexity index is 568. The molecular formula is C17H24BrNO. The summed E-state index contributed by atoms with van der Waals surface area (Å²) in [6.07, 6.45) is 2.25. The molecule has 1 aromatic carbocycles. The van der Waals surface area contributed by atoms with Crippen LogP contribution >= 0.6 is 15.9 Å². The second kappa shape index (κ2) is 6.77. The molecule has 0 saturated heterocycles. The van der Waals surface area contributed by atoms with Gasteiger partial charge in [0, 0.05) is 9.86 Å². The fourth-order valence-electron chi connectivity index (χ4n) is 2.64. The first-order valence-corrected chi connectivity index (χ1v) is 8.32. The standard InChI is InChI=1S/C17H24BrNO/c1-5-7-15(19-6-2)16-9-12-8-13(18)10-14(11(3)4)17(12)20-16/h8-11,15,19H,5-7H2,1-4H3. The highest BCUT2D eigenvalue weighted by atomic mass is 79.9. The van der Waals surface area contributed by atoms with Gasteiger partial charge in [-0.05, 0) is 42.6 Å². The SMILES string of the molecule is CCCC(NCC)c1cc2cc(Br)cc(C(C)C)c2o1. The van der Waals surface area contributed by atoms with Gasteiger partial charge >= 0.3 is 0 Å². The Kier molecular flexibility index (Phi) is 5.28. The molecule has 1 aromatic heterocycles. The molecule has 0 saturated carbocycles. The predicted octanol–water partition coefficient (Wildman–Crippen LogP) is 5.77. The maximum Gasteiger partial charge on any atom is 0.137 e. The molecule has 1 N–H and O–H groups in total.